The molecular formula is C21H25FN2O3. The van der Waals surface area contributed by atoms with Gasteiger partial charge in [0.2, 0.25) is 0 Å². The molecule has 1 aromatic carbocycles. The number of halogens is 1. The number of carbonyl (C=O) groups is 1. The van der Waals surface area contributed by atoms with Crippen LogP contribution >= 0.6 is 0 Å². The van der Waals surface area contributed by atoms with Gasteiger partial charge in [-0.3, -0.25) is 9.59 Å². The second-order valence-electron chi connectivity index (χ2n) is 7.31. The number of rotatable bonds is 5. The van der Waals surface area contributed by atoms with Crippen LogP contribution in [-0.2, 0) is 0 Å². The molecule has 2 heterocycles. The molecule has 1 atom stereocenters. The van der Waals surface area contributed by atoms with E-state index in [9.17, 15) is 14.0 Å². The lowest BCUT2D eigenvalue weighted by Gasteiger charge is -2.32. The van der Waals surface area contributed by atoms with Crippen LogP contribution in [0.25, 0.3) is 0 Å². The molecule has 1 aliphatic rings. The van der Waals surface area contributed by atoms with Crippen molar-refractivity contribution >= 4 is 5.91 Å². The quantitative estimate of drug-likeness (QED) is 0.873. The average Bonchev–Trinajstić information content (AvgIpc) is 2.67. The number of nitrogens with one attached hydrogen (secondary N) is 1. The van der Waals surface area contributed by atoms with Crippen LogP contribution in [0.1, 0.15) is 48.7 Å². The number of likely N-dealkylation sites (tertiary alicyclic amines) is 1. The minimum absolute atomic E-state index is 0.108. The molecule has 6 heteroatoms. The Bertz CT molecular complexity index is 863. The molecule has 5 nitrogen and oxygen atoms in total. The molecule has 1 aromatic heterocycles. The summed E-state index contributed by atoms with van der Waals surface area (Å²) < 4.78 is 19.3. The van der Waals surface area contributed by atoms with E-state index in [2.05, 4.69) is 4.98 Å². The van der Waals surface area contributed by atoms with Gasteiger partial charge in [-0.2, -0.15) is 0 Å². The van der Waals surface area contributed by atoms with Crippen molar-refractivity contribution in [2.45, 2.75) is 32.6 Å². The van der Waals surface area contributed by atoms with E-state index in [1.54, 1.807) is 35.2 Å². The summed E-state index contributed by atoms with van der Waals surface area (Å²) in [4.78, 5) is 29.6. The summed E-state index contributed by atoms with van der Waals surface area (Å²) in [5, 5.41) is 0. The molecule has 27 heavy (non-hydrogen) atoms. The summed E-state index contributed by atoms with van der Waals surface area (Å²) in [6.45, 7) is 5.42. The standard InChI is InChI=1S/C21H25FN2O3/c1-14(2)18-10-9-16(20(25)23-18)21(26)24-11-5-6-15(12-24)13-27-19-8-4-3-7-17(19)22/h3-4,7-10,14-15H,5-6,11-13H2,1-2H3,(H,23,25). The van der Waals surface area contributed by atoms with Gasteiger partial charge in [-0.25, -0.2) is 4.39 Å². The van der Waals surface area contributed by atoms with Crippen molar-refractivity contribution in [1.29, 1.82) is 0 Å². The zero-order valence-electron chi connectivity index (χ0n) is 15.7. The number of nitrogens with zero attached hydrogens (tertiary/aromatic N) is 1. The van der Waals surface area contributed by atoms with Crippen LogP contribution < -0.4 is 10.3 Å². The van der Waals surface area contributed by atoms with Gasteiger partial charge in [-0.05, 0) is 43.0 Å². The number of pyridine rings is 1. The van der Waals surface area contributed by atoms with Crippen LogP contribution in [0.2, 0.25) is 0 Å². The van der Waals surface area contributed by atoms with Crippen molar-refractivity contribution < 1.29 is 13.9 Å². The first kappa shape index (κ1) is 19.1. The summed E-state index contributed by atoms with van der Waals surface area (Å²) in [5.74, 6) is -0.130. The van der Waals surface area contributed by atoms with Gasteiger partial charge in [0.25, 0.3) is 11.5 Å². The first-order valence-electron chi connectivity index (χ1n) is 9.35. The summed E-state index contributed by atoms with van der Waals surface area (Å²) >= 11 is 0. The Hall–Kier alpha value is -2.63. The molecule has 1 unspecified atom stereocenters. The highest BCUT2D eigenvalue weighted by molar-refractivity contribution is 5.93. The molecule has 0 radical (unpaired) electrons. The predicted molar refractivity (Wildman–Crippen MR) is 102 cm³/mol. The van der Waals surface area contributed by atoms with Gasteiger partial charge in [-0.15, -0.1) is 0 Å². The summed E-state index contributed by atoms with van der Waals surface area (Å²) in [6.07, 6.45) is 1.74. The Morgan fingerprint density at radius 1 is 1.30 bits per heavy atom. The number of aromatic nitrogens is 1. The van der Waals surface area contributed by atoms with Gasteiger partial charge in [0.05, 0.1) is 6.61 Å². The summed E-state index contributed by atoms with van der Waals surface area (Å²) in [6, 6.07) is 9.70. The van der Waals surface area contributed by atoms with Gasteiger partial charge in [-0.1, -0.05) is 26.0 Å². The number of hydrogen-bond acceptors (Lipinski definition) is 3. The smallest absolute Gasteiger partial charge is 0.261 e. The minimum Gasteiger partial charge on any atom is -0.490 e. The lowest BCUT2D eigenvalue weighted by molar-refractivity contribution is 0.0629. The van der Waals surface area contributed by atoms with Crippen molar-refractivity contribution in [3.63, 3.8) is 0 Å². The molecule has 1 aliphatic heterocycles. The number of ether oxygens (including phenoxy) is 1. The van der Waals surface area contributed by atoms with Gasteiger partial charge in [0, 0.05) is 24.7 Å². The molecule has 0 saturated carbocycles. The van der Waals surface area contributed by atoms with Gasteiger partial charge in [0.15, 0.2) is 11.6 Å². The van der Waals surface area contributed by atoms with E-state index in [-0.39, 0.29) is 34.6 Å². The van der Waals surface area contributed by atoms with E-state index in [1.165, 1.54) is 6.07 Å². The Kier molecular flexibility index (Phi) is 5.94. The second kappa shape index (κ2) is 8.37. The van der Waals surface area contributed by atoms with E-state index in [4.69, 9.17) is 4.74 Å². The zero-order valence-corrected chi connectivity index (χ0v) is 15.7. The third kappa shape index (κ3) is 4.56. The van der Waals surface area contributed by atoms with Gasteiger partial charge in [0.1, 0.15) is 5.56 Å². The number of piperidine rings is 1. The average molecular weight is 372 g/mol. The van der Waals surface area contributed by atoms with Crippen LogP contribution in [-0.4, -0.2) is 35.5 Å². The highest BCUT2D eigenvalue weighted by Crippen LogP contribution is 2.21. The molecule has 0 aliphatic carbocycles. The normalized spacial score (nSPS) is 17.2. The SMILES string of the molecule is CC(C)c1ccc(C(=O)N2CCCC(COc3ccccc3F)C2)c(=O)[nH]1. The number of benzene rings is 1. The maximum Gasteiger partial charge on any atom is 0.261 e. The third-order valence-corrected chi connectivity index (χ3v) is 4.90. The van der Waals surface area contributed by atoms with Gasteiger partial charge < -0.3 is 14.6 Å². The molecule has 1 fully saturated rings. The zero-order chi connectivity index (χ0) is 19.4. The molecule has 144 valence electrons. The molecule has 2 aromatic rings. The Labute approximate surface area is 158 Å². The highest BCUT2D eigenvalue weighted by atomic mass is 19.1. The Morgan fingerprint density at radius 2 is 2.07 bits per heavy atom. The molecule has 0 spiro atoms. The lowest BCUT2D eigenvalue weighted by atomic mass is 9.98. The topological polar surface area (TPSA) is 62.4 Å². The maximum atomic E-state index is 13.7. The number of hydrogen-bond donors (Lipinski definition) is 1. The van der Waals surface area contributed by atoms with Crippen LogP contribution in [0, 0.1) is 11.7 Å². The fourth-order valence-electron chi connectivity index (χ4n) is 3.32. The second-order valence-corrected chi connectivity index (χ2v) is 7.31. The largest absolute Gasteiger partial charge is 0.490 e. The van der Waals surface area contributed by atoms with Crippen LogP contribution in [0.4, 0.5) is 4.39 Å². The number of para-hydroxylation sites is 1. The van der Waals surface area contributed by atoms with E-state index >= 15 is 0 Å². The lowest BCUT2D eigenvalue weighted by Crippen LogP contribution is -2.43. The van der Waals surface area contributed by atoms with E-state index in [1.807, 2.05) is 13.8 Å². The van der Waals surface area contributed by atoms with Crippen molar-refractivity contribution in [2.75, 3.05) is 19.7 Å². The number of amides is 1. The van der Waals surface area contributed by atoms with Crippen molar-refractivity contribution in [2.24, 2.45) is 5.92 Å². The monoisotopic (exact) mass is 372 g/mol. The Morgan fingerprint density at radius 3 is 2.78 bits per heavy atom. The van der Waals surface area contributed by atoms with E-state index in [0.29, 0.717) is 19.7 Å². The van der Waals surface area contributed by atoms with Crippen molar-refractivity contribution in [1.82, 2.24) is 9.88 Å². The first-order chi connectivity index (χ1) is 13.0. The first-order valence-corrected chi connectivity index (χ1v) is 9.35. The molecular weight excluding hydrogens is 347 g/mol. The van der Waals surface area contributed by atoms with Gasteiger partial charge >= 0.3 is 0 Å². The Balaban J connectivity index is 1.64. The molecule has 3 rings (SSSR count). The van der Waals surface area contributed by atoms with Crippen LogP contribution in [0.5, 0.6) is 5.75 Å². The highest BCUT2D eigenvalue weighted by Gasteiger charge is 2.26. The fraction of sp³-hybridized carbons (Fsp3) is 0.429. The number of aromatic amines is 1. The molecule has 1 saturated heterocycles. The summed E-state index contributed by atoms with van der Waals surface area (Å²) in [5.41, 5.74) is 0.623. The van der Waals surface area contributed by atoms with E-state index in [0.717, 1.165) is 18.5 Å². The third-order valence-electron chi connectivity index (χ3n) is 4.90. The fourth-order valence-corrected chi connectivity index (χ4v) is 3.32. The number of H-pyrrole nitrogens is 1. The molecule has 0 bridgehead atoms. The van der Waals surface area contributed by atoms with Crippen LogP contribution in [0.15, 0.2) is 41.2 Å². The maximum absolute atomic E-state index is 13.7. The van der Waals surface area contributed by atoms with Crippen molar-refractivity contribution in [3.05, 3.63) is 63.8 Å². The van der Waals surface area contributed by atoms with Crippen LogP contribution in [0.3, 0.4) is 0 Å². The minimum atomic E-state index is -0.391. The summed E-state index contributed by atoms with van der Waals surface area (Å²) in [7, 11) is 0. The molecule has 1 N–H and O–H groups in total. The van der Waals surface area contributed by atoms with Crippen molar-refractivity contribution in [3.8, 4) is 5.75 Å². The number of carbonyl (C=O) groups excluding carboxylic acids is 1. The predicted octanol–water partition coefficient (Wildman–Crippen LogP) is 3.57. The molecule has 1 amide bonds. The van der Waals surface area contributed by atoms with E-state index < -0.39 is 5.82 Å².